The molecule has 0 saturated heterocycles. The third-order valence-corrected chi connectivity index (χ3v) is 6.05. The Kier molecular flexibility index (Phi) is 23.4. The van der Waals surface area contributed by atoms with Gasteiger partial charge in [0.15, 0.2) is 0 Å². The Morgan fingerprint density at radius 3 is 1.44 bits per heavy atom. The van der Waals surface area contributed by atoms with E-state index in [-0.39, 0.29) is 17.1 Å². The standard InChI is InChI=1S/C20H43O3P.Fe/c1-3-5-7-9-11-13-15-17-19-23-24(21,22)20-18-16-14-12-10-8-6-4-2;/h3-20H2,1-2H3,(H,21,22);. The maximum Gasteiger partial charge on any atom is 0.328 e. The Labute approximate surface area is 168 Å². The Morgan fingerprint density at radius 1 is 0.640 bits per heavy atom. The van der Waals surface area contributed by atoms with Gasteiger partial charge < -0.3 is 9.42 Å². The summed E-state index contributed by atoms with van der Waals surface area (Å²) in [6.07, 6.45) is 19.7. The van der Waals surface area contributed by atoms with Crippen LogP contribution in [0.4, 0.5) is 0 Å². The van der Waals surface area contributed by atoms with E-state index in [1.165, 1.54) is 77.0 Å². The van der Waals surface area contributed by atoms with Crippen molar-refractivity contribution in [1.29, 1.82) is 0 Å². The molecule has 0 amide bonds. The first-order valence-electron chi connectivity index (χ1n) is 10.6. The molecule has 0 fully saturated rings. The Morgan fingerprint density at radius 2 is 1.00 bits per heavy atom. The zero-order valence-electron chi connectivity index (χ0n) is 16.8. The van der Waals surface area contributed by atoms with Gasteiger partial charge in [0.25, 0.3) is 0 Å². The fourth-order valence-electron chi connectivity index (χ4n) is 2.95. The molecule has 0 aromatic rings. The first-order valence-corrected chi connectivity index (χ1v) is 12.3. The van der Waals surface area contributed by atoms with Crippen LogP contribution in [0, 0.1) is 0 Å². The summed E-state index contributed by atoms with van der Waals surface area (Å²) in [6.45, 7) is 4.91. The minimum Gasteiger partial charge on any atom is -0.324 e. The number of hydrogen-bond acceptors (Lipinski definition) is 2. The molecule has 5 heteroatoms. The quantitative estimate of drug-likeness (QED) is 0.134. The largest absolute Gasteiger partial charge is 0.328 e. The second-order valence-electron chi connectivity index (χ2n) is 7.14. The molecular formula is C20H43FeO3P. The van der Waals surface area contributed by atoms with Crippen LogP contribution in [0.1, 0.15) is 117 Å². The number of unbranched alkanes of at least 4 members (excludes halogenated alkanes) is 14. The van der Waals surface area contributed by atoms with Crippen LogP contribution in [0.5, 0.6) is 0 Å². The molecule has 25 heavy (non-hydrogen) atoms. The van der Waals surface area contributed by atoms with E-state index in [1.807, 2.05) is 0 Å². The molecule has 0 rings (SSSR count). The molecule has 0 heterocycles. The van der Waals surface area contributed by atoms with Gasteiger partial charge in [0.1, 0.15) is 0 Å². The summed E-state index contributed by atoms with van der Waals surface area (Å²) in [5.41, 5.74) is 0. The monoisotopic (exact) mass is 418 g/mol. The van der Waals surface area contributed by atoms with E-state index in [1.54, 1.807) is 0 Å². The summed E-state index contributed by atoms with van der Waals surface area (Å²) in [7, 11) is -3.33. The van der Waals surface area contributed by atoms with Gasteiger partial charge in [-0.1, -0.05) is 104 Å². The van der Waals surface area contributed by atoms with Crippen molar-refractivity contribution in [2.24, 2.45) is 0 Å². The summed E-state index contributed by atoms with van der Waals surface area (Å²) in [5.74, 6) is 0. The number of hydrogen-bond donors (Lipinski definition) is 1. The predicted octanol–water partition coefficient (Wildman–Crippen LogP) is 7.47. The average molecular weight is 418 g/mol. The van der Waals surface area contributed by atoms with Crippen LogP contribution in [0.25, 0.3) is 0 Å². The fraction of sp³-hybridized carbons (Fsp3) is 1.00. The summed E-state index contributed by atoms with van der Waals surface area (Å²) >= 11 is 0. The van der Waals surface area contributed by atoms with Gasteiger partial charge in [-0.25, -0.2) is 0 Å². The minimum absolute atomic E-state index is 0. The fourth-order valence-corrected chi connectivity index (χ4v) is 4.12. The summed E-state index contributed by atoms with van der Waals surface area (Å²) in [5, 5.41) is 0. The van der Waals surface area contributed by atoms with Gasteiger partial charge in [-0.15, -0.1) is 0 Å². The van der Waals surface area contributed by atoms with E-state index in [2.05, 4.69) is 13.8 Å². The summed E-state index contributed by atoms with van der Waals surface area (Å²) < 4.78 is 17.2. The average Bonchev–Trinajstić information content (AvgIpc) is 2.55. The van der Waals surface area contributed by atoms with Crippen molar-refractivity contribution >= 4 is 7.60 Å². The van der Waals surface area contributed by atoms with Crippen LogP contribution in [-0.4, -0.2) is 17.7 Å². The molecule has 1 atom stereocenters. The molecule has 3 nitrogen and oxygen atoms in total. The molecule has 1 unspecified atom stereocenters. The van der Waals surface area contributed by atoms with Crippen molar-refractivity contribution in [3.63, 3.8) is 0 Å². The van der Waals surface area contributed by atoms with Crippen molar-refractivity contribution in [2.75, 3.05) is 12.8 Å². The first kappa shape index (κ1) is 27.9. The molecular weight excluding hydrogens is 375 g/mol. The number of rotatable bonds is 19. The van der Waals surface area contributed by atoms with Gasteiger partial charge >= 0.3 is 7.60 Å². The van der Waals surface area contributed by atoms with Gasteiger partial charge in [0, 0.05) is 23.2 Å². The zero-order valence-corrected chi connectivity index (χ0v) is 18.8. The maximum atomic E-state index is 11.9. The topological polar surface area (TPSA) is 46.5 Å². The third-order valence-electron chi connectivity index (χ3n) is 4.59. The summed E-state index contributed by atoms with van der Waals surface area (Å²) in [4.78, 5) is 9.82. The molecule has 0 spiro atoms. The van der Waals surface area contributed by atoms with Crippen LogP contribution >= 0.6 is 7.60 Å². The van der Waals surface area contributed by atoms with E-state index in [4.69, 9.17) is 4.52 Å². The van der Waals surface area contributed by atoms with E-state index in [9.17, 15) is 9.46 Å². The summed E-state index contributed by atoms with van der Waals surface area (Å²) in [6, 6.07) is 0. The zero-order chi connectivity index (χ0) is 17.9. The van der Waals surface area contributed by atoms with Crippen molar-refractivity contribution in [3.8, 4) is 0 Å². The van der Waals surface area contributed by atoms with Gasteiger partial charge in [0.05, 0.1) is 6.61 Å². The van der Waals surface area contributed by atoms with Crippen LogP contribution in [0.15, 0.2) is 0 Å². The van der Waals surface area contributed by atoms with Gasteiger partial charge in [0.2, 0.25) is 0 Å². The van der Waals surface area contributed by atoms with Crippen LogP contribution in [-0.2, 0) is 26.2 Å². The Hall–Kier alpha value is 0.669. The van der Waals surface area contributed by atoms with Crippen LogP contribution in [0.3, 0.4) is 0 Å². The van der Waals surface area contributed by atoms with Crippen LogP contribution in [0.2, 0.25) is 0 Å². The molecule has 0 aromatic carbocycles. The van der Waals surface area contributed by atoms with Crippen molar-refractivity contribution in [2.45, 2.75) is 117 Å². The molecule has 0 aliphatic rings. The second-order valence-corrected chi connectivity index (χ2v) is 9.12. The van der Waals surface area contributed by atoms with E-state index >= 15 is 0 Å². The van der Waals surface area contributed by atoms with Crippen LogP contribution < -0.4 is 0 Å². The molecule has 0 aliphatic carbocycles. The molecule has 0 radical (unpaired) electrons. The smallest absolute Gasteiger partial charge is 0.324 e. The normalized spacial score (nSPS) is 13.4. The molecule has 0 aliphatic heterocycles. The van der Waals surface area contributed by atoms with E-state index in [0.29, 0.717) is 12.8 Å². The van der Waals surface area contributed by atoms with E-state index in [0.717, 1.165) is 25.7 Å². The minimum atomic E-state index is -3.33. The first-order chi connectivity index (χ1) is 11.6. The third kappa shape index (κ3) is 22.6. The Balaban J connectivity index is 0. The van der Waals surface area contributed by atoms with Gasteiger partial charge in [-0.2, -0.15) is 0 Å². The van der Waals surface area contributed by atoms with E-state index < -0.39 is 7.60 Å². The van der Waals surface area contributed by atoms with Gasteiger partial charge in [-0.3, -0.25) is 4.57 Å². The molecule has 154 valence electrons. The molecule has 0 bridgehead atoms. The molecule has 1 N–H and O–H groups in total. The van der Waals surface area contributed by atoms with Crippen molar-refractivity contribution in [3.05, 3.63) is 0 Å². The predicted molar refractivity (Wildman–Crippen MR) is 106 cm³/mol. The van der Waals surface area contributed by atoms with Crippen molar-refractivity contribution < 1.29 is 31.1 Å². The van der Waals surface area contributed by atoms with Crippen molar-refractivity contribution in [1.82, 2.24) is 0 Å². The Bertz CT molecular complexity index is 301. The molecule has 0 aromatic heterocycles. The second kappa shape index (κ2) is 21.0. The van der Waals surface area contributed by atoms with Gasteiger partial charge in [-0.05, 0) is 12.8 Å². The maximum absolute atomic E-state index is 11.9. The SMILES string of the molecule is CCCCCCCCCCOP(=O)(O)CCCCCCCCCC.[Fe]. The molecule has 0 saturated carbocycles.